The normalized spacial score (nSPS) is 13.7. The van der Waals surface area contributed by atoms with Crippen molar-refractivity contribution in [1.82, 2.24) is 0 Å². The predicted octanol–water partition coefficient (Wildman–Crippen LogP) is 17.5. The molecule has 0 fully saturated rings. The molecule has 0 spiro atoms. The van der Waals surface area contributed by atoms with Crippen LogP contribution in [0.3, 0.4) is 0 Å². The number of unbranched alkanes of at least 4 members (excludes halogenated alkanes) is 25. The number of carbonyl (C=O) groups excluding carboxylic acids is 2. The van der Waals surface area contributed by atoms with Gasteiger partial charge in [0.1, 0.15) is 6.61 Å². The molecule has 0 saturated carbocycles. The van der Waals surface area contributed by atoms with Crippen LogP contribution in [-0.2, 0) is 32.7 Å². The van der Waals surface area contributed by atoms with Crippen LogP contribution in [0, 0.1) is 0 Å². The summed E-state index contributed by atoms with van der Waals surface area (Å²) in [6.07, 6.45) is 70.6. The van der Waals surface area contributed by atoms with Crippen molar-refractivity contribution in [2.24, 2.45) is 5.73 Å². The van der Waals surface area contributed by atoms with E-state index in [1.165, 1.54) is 122 Å². The summed E-state index contributed by atoms with van der Waals surface area (Å²) in [7, 11) is -4.39. The molecule has 69 heavy (non-hydrogen) atoms. The van der Waals surface area contributed by atoms with Gasteiger partial charge in [-0.2, -0.15) is 0 Å². The second-order valence-electron chi connectivity index (χ2n) is 18.4. The number of ether oxygens (including phenoxy) is 2. The van der Waals surface area contributed by atoms with E-state index in [0.717, 1.165) is 89.9 Å². The van der Waals surface area contributed by atoms with Crippen molar-refractivity contribution in [3.63, 3.8) is 0 Å². The standard InChI is InChI=1S/C59H104NO8P/c1-3-5-7-9-11-13-15-17-19-21-22-23-24-25-26-27-28-29-30-31-32-33-34-36-38-40-42-44-46-48-50-52-59(62)68-57(56-67-69(63,64)66-54-53-60)55-65-58(61)51-49-47-45-43-41-39-37-35-20-18-16-14-12-10-8-6-4-2/h5,7,11,13,17,19,22-23,25-26,28-29,31-32,57H,3-4,6,8-10,12,14-16,18,20-21,24,27,30,33-56,60H2,1-2H3,(H,63,64)/b7-5-,13-11-,19-17-,23-22-,26-25-,29-28-,32-31-. The molecule has 0 aliphatic rings. The number of rotatable bonds is 52. The Kier molecular flexibility index (Phi) is 52.3. The van der Waals surface area contributed by atoms with E-state index >= 15 is 0 Å². The number of hydrogen-bond acceptors (Lipinski definition) is 8. The molecule has 0 aliphatic carbocycles. The van der Waals surface area contributed by atoms with E-state index < -0.39 is 26.5 Å². The molecule has 0 rings (SSSR count). The highest BCUT2D eigenvalue weighted by atomic mass is 31.2. The third-order valence-corrected chi connectivity index (χ3v) is 12.8. The first-order chi connectivity index (χ1) is 33.8. The summed E-state index contributed by atoms with van der Waals surface area (Å²) in [5, 5.41) is 0. The van der Waals surface area contributed by atoms with Gasteiger partial charge < -0.3 is 20.1 Å². The van der Waals surface area contributed by atoms with Gasteiger partial charge in [-0.1, -0.05) is 247 Å². The number of hydrogen-bond donors (Lipinski definition) is 2. The maximum atomic E-state index is 12.7. The van der Waals surface area contributed by atoms with E-state index in [1.54, 1.807) is 0 Å². The van der Waals surface area contributed by atoms with Crippen molar-refractivity contribution in [3.05, 3.63) is 85.1 Å². The molecular weight excluding hydrogens is 882 g/mol. The number of esters is 2. The Bertz CT molecular complexity index is 1400. The van der Waals surface area contributed by atoms with Crippen LogP contribution in [0.5, 0.6) is 0 Å². The lowest BCUT2D eigenvalue weighted by Gasteiger charge is -2.19. The first-order valence-corrected chi connectivity index (χ1v) is 29.6. The van der Waals surface area contributed by atoms with Crippen LogP contribution in [0.25, 0.3) is 0 Å². The molecule has 0 amide bonds. The fourth-order valence-electron chi connectivity index (χ4n) is 7.68. The quantitative estimate of drug-likeness (QED) is 0.0264. The summed E-state index contributed by atoms with van der Waals surface area (Å²) < 4.78 is 33.0. The van der Waals surface area contributed by atoms with Crippen LogP contribution in [0.1, 0.15) is 245 Å². The molecule has 0 saturated heterocycles. The van der Waals surface area contributed by atoms with Gasteiger partial charge in [0.05, 0.1) is 13.2 Å². The van der Waals surface area contributed by atoms with Gasteiger partial charge in [0, 0.05) is 19.4 Å². The van der Waals surface area contributed by atoms with E-state index in [4.69, 9.17) is 24.3 Å². The van der Waals surface area contributed by atoms with Crippen molar-refractivity contribution in [3.8, 4) is 0 Å². The summed E-state index contributed by atoms with van der Waals surface area (Å²) in [6, 6.07) is 0. The molecule has 0 aliphatic heterocycles. The van der Waals surface area contributed by atoms with E-state index in [9.17, 15) is 19.0 Å². The van der Waals surface area contributed by atoms with E-state index in [1.807, 2.05) is 0 Å². The van der Waals surface area contributed by atoms with Crippen LogP contribution in [0.4, 0.5) is 0 Å². The molecule has 9 nitrogen and oxygen atoms in total. The highest BCUT2D eigenvalue weighted by Crippen LogP contribution is 2.43. The Morgan fingerprint density at radius 2 is 0.797 bits per heavy atom. The Hall–Kier alpha value is -2.81. The average Bonchev–Trinajstić information content (AvgIpc) is 3.34. The zero-order valence-electron chi connectivity index (χ0n) is 44.3. The monoisotopic (exact) mass is 986 g/mol. The lowest BCUT2D eigenvalue weighted by molar-refractivity contribution is -0.161. The van der Waals surface area contributed by atoms with Crippen molar-refractivity contribution >= 4 is 19.8 Å². The maximum Gasteiger partial charge on any atom is 0.472 e. The largest absolute Gasteiger partial charge is 0.472 e. The molecule has 0 aromatic rings. The third-order valence-electron chi connectivity index (χ3n) is 11.8. The van der Waals surface area contributed by atoms with E-state index in [2.05, 4.69) is 98.9 Å². The summed E-state index contributed by atoms with van der Waals surface area (Å²) in [6.45, 7) is 3.64. The molecule has 0 aromatic heterocycles. The van der Waals surface area contributed by atoms with Crippen molar-refractivity contribution in [2.45, 2.75) is 251 Å². The molecule has 0 aromatic carbocycles. The van der Waals surface area contributed by atoms with Crippen LogP contribution in [0.2, 0.25) is 0 Å². The van der Waals surface area contributed by atoms with Crippen LogP contribution < -0.4 is 5.73 Å². The Labute approximate surface area is 424 Å². The zero-order chi connectivity index (χ0) is 50.2. The SMILES string of the molecule is CC/C=C\C/C=C\C/C=C\C/C=C\C/C=C\C/C=C\C/C=C\CCCCCCCCCCCC(=O)OC(COC(=O)CCCCCCCCCCCCCCCCCCC)COP(=O)(O)OCCN. The van der Waals surface area contributed by atoms with Crippen molar-refractivity contribution in [1.29, 1.82) is 0 Å². The zero-order valence-corrected chi connectivity index (χ0v) is 45.2. The number of nitrogens with two attached hydrogens (primary N) is 1. The highest BCUT2D eigenvalue weighted by molar-refractivity contribution is 7.47. The summed E-state index contributed by atoms with van der Waals surface area (Å²) in [4.78, 5) is 35.1. The maximum absolute atomic E-state index is 12.7. The minimum Gasteiger partial charge on any atom is -0.462 e. The molecule has 2 atom stereocenters. The van der Waals surface area contributed by atoms with Gasteiger partial charge >= 0.3 is 19.8 Å². The van der Waals surface area contributed by atoms with Gasteiger partial charge in [-0.3, -0.25) is 18.6 Å². The lowest BCUT2D eigenvalue weighted by atomic mass is 10.0. The number of allylic oxidation sites excluding steroid dienone is 14. The summed E-state index contributed by atoms with van der Waals surface area (Å²) >= 11 is 0. The fraction of sp³-hybridized carbons (Fsp3) is 0.729. The van der Waals surface area contributed by atoms with Gasteiger partial charge in [0.25, 0.3) is 0 Å². The molecule has 398 valence electrons. The van der Waals surface area contributed by atoms with Gasteiger partial charge in [-0.25, -0.2) is 4.57 Å². The minimum atomic E-state index is -4.39. The van der Waals surface area contributed by atoms with Crippen molar-refractivity contribution < 1.29 is 37.6 Å². The van der Waals surface area contributed by atoms with Gasteiger partial charge in [-0.05, 0) is 70.6 Å². The molecule has 0 heterocycles. The Morgan fingerprint density at radius 3 is 1.19 bits per heavy atom. The van der Waals surface area contributed by atoms with E-state index in [-0.39, 0.29) is 38.6 Å². The third kappa shape index (κ3) is 54.4. The summed E-state index contributed by atoms with van der Waals surface area (Å²) in [5.41, 5.74) is 5.38. The molecule has 2 unspecified atom stereocenters. The van der Waals surface area contributed by atoms with Crippen LogP contribution >= 0.6 is 7.82 Å². The molecule has 0 bridgehead atoms. The van der Waals surface area contributed by atoms with E-state index in [0.29, 0.717) is 6.42 Å². The minimum absolute atomic E-state index is 0.0501. The lowest BCUT2D eigenvalue weighted by Crippen LogP contribution is -2.29. The summed E-state index contributed by atoms with van der Waals surface area (Å²) in [5.74, 6) is -0.831. The van der Waals surface area contributed by atoms with Gasteiger partial charge in [-0.15, -0.1) is 0 Å². The van der Waals surface area contributed by atoms with Crippen LogP contribution in [-0.4, -0.2) is 49.3 Å². The van der Waals surface area contributed by atoms with Crippen molar-refractivity contribution in [2.75, 3.05) is 26.4 Å². The molecule has 0 radical (unpaired) electrons. The molecular formula is C59H104NO8P. The first kappa shape index (κ1) is 66.2. The number of carbonyl (C=O) groups is 2. The van der Waals surface area contributed by atoms with Gasteiger partial charge in [0.15, 0.2) is 6.10 Å². The average molecular weight is 986 g/mol. The smallest absolute Gasteiger partial charge is 0.462 e. The topological polar surface area (TPSA) is 134 Å². The molecule has 10 heteroatoms. The predicted molar refractivity (Wildman–Crippen MR) is 293 cm³/mol. The second kappa shape index (κ2) is 54.5. The Morgan fingerprint density at radius 1 is 0.449 bits per heavy atom. The number of phosphoric ester groups is 1. The highest BCUT2D eigenvalue weighted by Gasteiger charge is 2.26. The second-order valence-corrected chi connectivity index (χ2v) is 19.9. The van der Waals surface area contributed by atoms with Crippen LogP contribution in [0.15, 0.2) is 85.1 Å². The van der Waals surface area contributed by atoms with Gasteiger partial charge in [0.2, 0.25) is 0 Å². The fourth-order valence-corrected chi connectivity index (χ4v) is 8.44. The Balaban J connectivity index is 4.01. The first-order valence-electron chi connectivity index (χ1n) is 28.1. The molecule has 3 N–H and O–H groups in total. The number of phosphoric acid groups is 1.